The molecule has 2 rings (SSSR count). The summed E-state index contributed by atoms with van der Waals surface area (Å²) < 4.78 is 0. The Morgan fingerprint density at radius 1 is 1.42 bits per heavy atom. The first-order chi connectivity index (χ1) is 11.5. The van der Waals surface area contributed by atoms with Crippen molar-refractivity contribution < 1.29 is 4.79 Å². The highest BCUT2D eigenvalue weighted by molar-refractivity contribution is 7.14. The minimum Gasteiger partial charge on any atom is -0.365 e. The number of hydrogen-bond donors (Lipinski definition) is 2. The van der Waals surface area contributed by atoms with Crippen LogP contribution in [-0.2, 0) is 4.79 Å². The Labute approximate surface area is 145 Å². The second kappa shape index (κ2) is 7.75. The number of nitrogens with zero attached hydrogens (tertiary/aromatic N) is 2. The van der Waals surface area contributed by atoms with Crippen molar-refractivity contribution in [1.29, 1.82) is 5.26 Å². The van der Waals surface area contributed by atoms with Crippen LogP contribution in [0.15, 0.2) is 40.9 Å². The number of rotatable bonds is 6. The Morgan fingerprint density at radius 2 is 2.08 bits per heavy atom. The molecule has 0 spiro atoms. The SMILES string of the molecule is CCC(C)c1ccc(-c2csc(NC(C)=C(C#N)C(N)=O)n2)cc1. The van der Waals surface area contributed by atoms with Crippen LogP contribution in [0.25, 0.3) is 11.3 Å². The van der Waals surface area contributed by atoms with Crippen LogP contribution in [0.2, 0.25) is 0 Å². The largest absolute Gasteiger partial charge is 0.365 e. The zero-order valence-corrected chi connectivity index (χ0v) is 14.8. The normalized spacial score (nSPS) is 12.9. The first-order valence-electron chi connectivity index (χ1n) is 7.69. The van der Waals surface area contributed by atoms with E-state index in [-0.39, 0.29) is 5.57 Å². The third kappa shape index (κ3) is 4.00. The van der Waals surface area contributed by atoms with Crippen molar-refractivity contribution in [2.75, 3.05) is 5.32 Å². The summed E-state index contributed by atoms with van der Waals surface area (Å²) in [6, 6.07) is 10.2. The first kappa shape index (κ1) is 17.7. The van der Waals surface area contributed by atoms with Crippen LogP contribution in [0.5, 0.6) is 0 Å². The molecule has 5 nitrogen and oxygen atoms in total. The van der Waals surface area contributed by atoms with E-state index in [9.17, 15) is 4.79 Å². The maximum absolute atomic E-state index is 11.2. The molecule has 0 saturated heterocycles. The minimum absolute atomic E-state index is 0.0929. The van der Waals surface area contributed by atoms with Crippen LogP contribution in [0.1, 0.15) is 38.7 Å². The molecule has 0 aliphatic carbocycles. The third-order valence-corrected chi connectivity index (χ3v) is 4.68. The molecule has 1 amide bonds. The molecule has 0 fully saturated rings. The third-order valence-electron chi connectivity index (χ3n) is 3.92. The van der Waals surface area contributed by atoms with Gasteiger partial charge >= 0.3 is 0 Å². The summed E-state index contributed by atoms with van der Waals surface area (Å²) in [7, 11) is 0. The lowest BCUT2D eigenvalue weighted by Gasteiger charge is -2.09. The van der Waals surface area contributed by atoms with Crippen LogP contribution in [0, 0.1) is 11.3 Å². The number of carbonyl (C=O) groups is 1. The zero-order chi connectivity index (χ0) is 17.7. The van der Waals surface area contributed by atoms with E-state index in [2.05, 4.69) is 48.4 Å². The molecular formula is C18H20N4OS. The fourth-order valence-electron chi connectivity index (χ4n) is 2.23. The standard InChI is InChI=1S/C18H20N4OS/c1-4-11(2)13-5-7-14(8-6-13)16-10-24-18(22-16)21-12(3)15(9-19)17(20)23/h5-8,10-11H,4H2,1-3H3,(H2,20,23)(H,21,22). The highest BCUT2D eigenvalue weighted by atomic mass is 32.1. The number of thiazole rings is 1. The molecule has 6 heteroatoms. The second-order valence-electron chi connectivity index (χ2n) is 5.57. The number of anilines is 1. The molecule has 0 bridgehead atoms. The monoisotopic (exact) mass is 340 g/mol. The van der Waals surface area contributed by atoms with Crippen molar-refractivity contribution in [1.82, 2.24) is 4.98 Å². The van der Waals surface area contributed by atoms with Gasteiger partial charge in [0.25, 0.3) is 5.91 Å². The lowest BCUT2D eigenvalue weighted by molar-refractivity contribution is -0.114. The summed E-state index contributed by atoms with van der Waals surface area (Å²) in [5.74, 6) is -0.211. The molecule has 1 heterocycles. The van der Waals surface area contributed by atoms with E-state index in [4.69, 9.17) is 11.0 Å². The zero-order valence-electron chi connectivity index (χ0n) is 14.0. The van der Waals surface area contributed by atoms with E-state index in [0.29, 0.717) is 16.7 Å². The van der Waals surface area contributed by atoms with Crippen molar-refractivity contribution in [3.8, 4) is 17.3 Å². The van der Waals surface area contributed by atoms with E-state index in [1.54, 1.807) is 13.0 Å². The molecule has 124 valence electrons. The van der Waals surface area contributed by atoms with E-state index >= 15 is 0 Å². The topological polar surface area (TPSA) is 91.8 Å². The number of nitrogens with one attached hydrogen (secondary N) is 1. The summed E-state index contributed by atoms with van der Waals surface area (Å²) in [5, 5.41) is 14.5. The van der Waals surface area contributed by atoms with Gasteiger partial charge in [-0.1, -0.05) is 38.1 Å². The average molecular weight is 340 g/mol. The summed E-state index contributed by atoms with van der Waals surface area (Å²) in [6.45, 7) is 6.01. The Balaban J connectivity index is 2.19. The highest BCUT2D eigenvalue weighted by Gasteiger charge is 2.11. The Kier molecular flexibility index (Phi) is 5.72. The van der Waals surface area contributed by atoms with Gasteiger partial charge in [-0.15, -0.1) is 11.3 Å². The van der Waals surface area contributed by atoms with Crippen LogP contribution in [0.4, 0.5) is 5.13 Å². The molecule has 1 unspecified atom stereocenters. The summed E-state index contributed by atoms with van der Waals surface area (Å²) >= 11 is 1.41. The Morgan fingerprint density at radius 3 is 2.62 bits per heavy atom. The Hall–Kier alpha value is -2.65. The predicted molar refractivity (Wildman–Crippen MR) is 97.4 cm³/mol. The number of primary amides is 1. The highest BCUT2D eigenvalue weighted by Crippen LogP contribution is 2.28. The van der Waals surface area contributed by atoms with Crippen molar-refractivity contribution in [2.45, 2.75) is 33.1 Å². The molecule has 1 aromatic heterocycles. The van der Waals surface area contributed by atoms with Gasteiger partial charge in [0.1, 0.15) is 11.6 Å². The lowest BCUT2D eigenvalue weighted by Crippen LogP contribution is -2.16. The van der Waals surface area contributed by atoms with Crippen LogP contribution >= 0.6 is 11.3 Å². The second-order valence-corrected chi connectivity index (χ2v) is 6.43. The number of allylic oxidation sites excluding steroid dienone is 1. The van der Waals surface area contributed by atoms with Crippen molar-refractivity contribution >= 4 is 22.4 Å². The van der Waals surface area contributed by atoms with E-state index < -0.39 is 5.91 Å². The molecule has 24 heavy (non-hydrogen) atoms. The summed E-state index contributed by atoms with van der Waals surface area (Å²) in [6.07, 6.45) is 1.11. The van der Waals surface area contributed by atoms with Crippen LogP contribution < -0.4 is 11.1 Å². The van der Waals surface area contributed by atoms with Gasteiger partial charge in [-0.25, -0.2) is 4.98 Å². The summed E-state index contributed by atoms with van der Waals surface area (Å²) in [4.78, 5) is 15.7. The van der Waals surface area contributed by atoms with Crippen molar-refractivity contribution in [3.05, 3.63) is 46.5 Å². The van der Waals surface area contributed by atoms with Gasteiger partial charge in [0, 0.05) is 16.6 Å². The fraction of sp³-hybridized carbons (Fsp3) is 0.278. The van der Waals surface area contributed by atoms with Gasteiger partial charge < -0.3 is 11.1 Å². The van der Waals surface area contributed by atoms with E-state index in [1.165, 1.54) is 16.9 Å². The molecule has 2 aromatic rings. The maximum Gasteiger partial charge on any atom is 0.261 e. The first-order valence-corrected chi connectivity index (χ1v) is 8.57. The molecule has 0 aliphatic rings. The molecule has 0 saturated carbocycles. The number of nitriles is 1. The van der Waals surface area contributed by atoms with Crippen LogP contribution in [-0.4, -0.2) is 10.9 Å². The minimum atomic E-state index is -0.750. The molecular weight excluding hydrogens is 320 g/mol. The number of amides is 1. The van der Waals surface area contributed by atoms with Crippen LogP contribution in [0.3, 0.4) is 0 Å². The Bertz CT molecular complexity index is 799. The predicted octanol–water partition coefficient (Wildman–Crippen LogP) is 4.02. The quantitative estimate of drug-likeness (QED) is 0.613. The van der Waals surface area contributed by atoms with Gasteiger partial charge in [-0.3, -0.25) is 4.79 Å². The number of aromatic nitrogens is 1. The number of hydrogen-bond acceptors (Lipinski definition) is 5. The number of benzene rings is 1. The fourth-order valence-corrected chi connectivity index (χ4v) is 3.00. The van der Waals surface area contributed by atoms with Gasteiger partial charge in [-0.2, -0.15) is 5.26 Å². The lowest BCUT2D eigenvalue weighted by atomic mass is 9.97. The van der Waals surface area contributed by atoms with Gasteiger partial charge in [-0.05, 0) is 24.8 Å². The molecule has 0 aliphatic heterocycles. The maximum atomic E-state index is 11.2. The molecule has 1 aromatic carbocycles. The summed E-state index contributed by atoms with van der Waals surface area (Å²) in [5.41, 5.74) is 8.67. The van der Waals surface area contributed by atoms with Gasteiger partial charge in [0.2, 0.25) is 0 Å². The van der Waals surface area contributed by atoms with Gasteiger partial charge in [0.05, 0.1) is 5.69 Å². The molecule has 3 N–H and O–H groups in total. The van der Waals surface area contributed by atoms with E-state index in [1.807, 2.05) is 5.38 Å². The molecule has 0 radical (unpaired) electrons. The number of carbonyl (C=O) groups excluding carboxylic acids is 1. The van der Waals surface area contributed by atoms with Gasteiger partial charge in [0.15, 0.2) is 5.13 Å². The average Bonchev–Trinajstić information content (AvgIpc) is 3.03. The molecule has 1 atom stereocenters. The van der Waals surface area contributed by atoms with Crippen molar-refractivity contribution in [3.63, 3.8) is 0 Å². The number of nitrogens with two attached hydrogens (primary N) is 1. The van der Waals surface area contributed by atoms with Crippen molar-refractivity contribution in [2.24, 2.45) is 5.73 Å². The van der Waals surface area contributed by atoms with E-state index in [0.717, 1.165) is 17.7 Å². The smallest absolute Gasteiger partial charge is 0.261 e.